The van der Waals surface area contributed by atoms with Crippen LogP contribution in [0.15, 0.2) is 42.5 Å². The highest BCUT2D eigenvalue weighted by atomic mass is 35.5. The van der Waals surface area contributed by atoms with E-state index in [1.54, 1.807) is 24.3 Å². The Morgan fingerprint density at radius 3 is 2.52 bits per heavy atom. The molecule has 4 heteroatoms. The van der Waals surface area contributed by atoms with Gasteiger partial charge >= 0.3 is 0 Å². The molecule has 0 bridgehead atoms. The number of rotatable bonds is 5. The zero-order valence-corrected chi connectivity index (χ0v) is 12.8. The number of nitriles is 1. The summed E-state index contributed by atoms with van der Waals surface area (Å²) in [6.45, 7) is 4.90. The molecule has 0 radical (unpaired) electrons. The molecule has 1 N–H and O–H groups in total. The van der Waals surface area contributed by atoms with Crippen LogP contribution in [0.3, 0.4) is 0 Å². The molecule has 0 aliphatic rings. The molecule has 2 aromatic rings. The standard InChI is InChI=1S/C17H17ClN2O/c1-12(2)20-11-13-3-8-17(14(9-13)10-19)21-16-6-4-15(18)5-7-16/h3-9,12,20H,11H2,1-2H3. The molecular weight excluding hydrogens is 284 g/mol. The monoisotopic (exact) mass is 300 g/mol. The van der Waals surface area contributed by atoms with Crippen molar-refractivity contribution in [2.45, 2.75) is 26.4 Å². The van der Waals surface area contributed by atoms with Gasteiger partial charge in [-0.05, 0) is 42.0 Å². The van der Waals surface area contributed by atoms with Crippen molar-refractivity contribution in [2.75, 3.05) is 0 Å². The number of ether oxygens (including phenoxy) is 1. The second-order valence-electron chi connectivity index (χ2n) is 5.03. The predicted octanol–water partition coefficient (Wildman–Crippen LogP) is 4.50. The molecule has 2 aromatic carbocycles. The van der Waals surface area contributed by atoms with Crippen LogP contribution in [-0.4, -0.2) is 6.04 Å². The van der Waals surface area contributed by atoms with Gasteiger partial charge in [-0.25, -0.2) is 0 Å². The van der Waals surface area contributed by atoms with Crippen LogP contribution >= 0.6 is 11.6 Å². The molecule has 0 amide bonds. The van der Waals surface area contributed by atoms with E-state index in [4.69, 9.17) is 16.3 Å². The maximum absolute atomic E-state index is 9.27. The molecule has 0 aromatic heterocycles. The van der Waals surface area contributed by atoms with Gasteiger partial charge in [0.1, 0.15) is 17.6 Å². The Kier molecular flexibility index (Phi) is 5.21. The van der Waals surface area contributed by atoms with Crippen LogP contribution in [0.25, 0.3) is 0 Å². The summed E-state index contributed by atoms with van der Waals surface area (Å²) >= 11 is 5.84. The second kappa shape index (κ2) is 7.12. The molecule has 2 rings (SSSR count). The molecule has 0 aliphatic heterocycles. The first-order valence-electron chi connectivity index (χ1n) is 6.78. The molecule has 0 heterocycles. The largest absolute Gasteiger partial charge is 0.456 e. The lowest BCUT2D eigenvalue weighted by atomic mass is 10.1. The van der Waals surface area contributed by atoms with Crippen molar-refractivity contribution in [1.29, 1.82) is 5.26 Å². The smallest absolute Gasteiger partial charge is 0.145 e. The SMILES string of the molecule is CC(C)NCc1ccc(Oc2ccc(Cl)cc2)c(C#N)c1. The molecule has 0 fully saturated rings. The van der Waals surface area contributed by atoms with Gasteiger partial charge in [0.05, 0.1) is 5.56 Å². The normalized spacial score (nSPS) is 10.4. The van der Waals surface area contributed by atoms with Gasteiger partial charge in [-0.3, -0.25) is 0 Å². The van der Waals surface area contributed by atoms with Gasteiger partial charge in [0, 0.05) is 17.6 Å². The third-order valence-electron chi connectivity index (χ3n) is 2.92. The molecule has 0 aliphatic carbocycles. The molecule has 0 saturated carbocycles. The summed E-state index contributed by atoms with van der Waals surface area (Å²) in [7, 11) is 0. The Labute approximate surface area is 130 Å². The zero-order chi connectivity index (χ0) is 15.2. The van der Waals surface area contributed by atoms with Crippen LogP contribution in [0.5, 0.6) is 11.5 Å². The van der Waals surface area contributed by atoms with E-state index in [-0.39, 0.29) is 0 Å². The summed E-state index contributed by atoms with van der Waals surface area (Å²) in [5.74, 6) is 1.21. The van der Waals surface area contributed by atoms with Crippen molar-refractivity contribution in [1.82, 2.24) is 5.32 Å². The summed E-state index contributed by atoms with van der Waals surface area (Å²) < 4.78 is 5.73. The van der Waals surface area contributed by atoms with Crippen molar-refractivity contribution in [3.63, 3.8) is 0 Å². The Morgan fingerprint density at radius 1 is 1.19 bits per heavy atom. The second-order valence-corrected chi connectivity index (χ2v) is 5.47. The summed E-state index contributed by atoms with van der Waals surface area (Å²) in [5.41, 5.74) is 1.58. The lowest BCUT2D eigenvalue weighted by Gasteiger charge is -2.11. The van der Waals surface area contributed by atoms with Crippen molar-refractivity contribution >= 4 is 11.6 Å². The Balaban J connectivity index is 2.16. The van der Waals surface area contributed by atoms with E-state index in [1.807, 2.05) is 18.2 Å². The van der Waals surface area contributed by atoms with E-state index in [1.165, 1.54) is 0 Å². The number of hydrogen-bond acceptors (Lipinski definition) is 3. The zero-order valence-electron chi connectivity index (χ0n) is 12.1. The number of benzene rings is 2. The van der Waals surface area contributed by atoms with Crippen molar-refractivity contribution < 1.29 is 4.74 Å². The molecule has 3 nitrogen and oxygen atoms in total. The molecule has 108 valence electrons. The highest BCUT2D eigenvalue weighted by Gasteiger charge is 2.07. The topological polar surface area (TPSA) is 45.0 Å². The third kappa shape index (κ3) is 4.49. The number of hydrogen-bond donors (Lipinski definition) is 1. The van der Waals surface area contributed by atoms with Gasteiger partial charge < -0.3 is 10.1 Å². The Hall–Kier alpha value is -2.02. The average Bonchev–Trinajstić information content (AvgIpc) is 2.48. The highest BCUT2D eigenvalue weighted by Crippen LogP contribution is 2.26. The van der Waals surface area contributed by atoms with Crippen molar-refractivity contribution in [3.05, 3.63) is 58.6 Å². The molecule has 0 atom stereocenters. The fourth-order valence-electron chi connectivity index (χ4n) is 1.82. The maximum atomic E-state index is 9.27. The van der Waals surface area contributed by atoms with Crippen LogP contribution in [0.2, 0.25) is 5.02 Å². The van der Waals surface area contributed by atoms with Gasteiger partial charge in [0.15, 0.2) is 0 Å². The van der Waals surface area contributed by atoms with E-state index in [0.29, 0.717) is 28.1 Å². The van der Waals surface area contributed by atoms with Gasteiger partial charge in [0.2, 0.25) is 0 Å². The Bertz CT molecular complexity index is 645. The number of nitrogens with zero attached hydrogens (tertiary/aromatic N) is 1. The van der Waals surface area contributed by atoms with Crippen LogP contribution < -0.4 is 10.1 Å². The van der Waals surface area contributed by atoms with Crippen molar-refractivity contribution in [2.24, 2.45) is 0 Å². The fourth-order valence-corrected chi connectivity index (χ4v) is 1.94. The molecule has 21 heavy (non-hydrogen) atoms. The van der Waals surface area contributed by atoms with Gasteiger partial charge in [-0.2, -0.15) is 5.26 Å². The van der Waals surface area contributed by atoms with E-state index < -0.39 is 0 Å². The third-order valence-corrected chi connectivity index (χ3v) is 3.17. The molecule has 0 saturated heterocycles. The molecule has 0 unspecified atom stereocenters. The first-order chi connectivity index (χ1) is 10.1. The average molecular weight is 301 g/mol. The predicted molar refractivity (Wildman–Crippen MR) is 84.7 cm³/mol. The van der Waals surface area contributed by atoms with Crippen LogP contribution in [0.1, 0.15) is 25.0 Å². The van der Waals surface area contributed by atoms with Crippen LogP contribution in [0.4, 0.5) is 0 Å². The van der Waals surface area contributed by atoms with Crippen molar-refractivity contribution in [3.8, 4) is 17.6 Å². The number of halogens is 1. The highest BCUT2D eigenvalue weighted by molar-refractivity contribution is 6.30. The van der Waals surface area contributed by atoms with Gasteiger partial charge in [-0.1, -0.05) is 31.5 Å². The van der Waals surface area contributed by atoms with Crippen LogP contribution in [0, 0.1) is 11.3 Å². The first-order valence-corrected chi connectivity index (χ1v) is 7.16. The summed E-state index contributed by atoms with van der Waals surface area (Å²) in [6, 6.07) is 15.3. The van der Waals surface area contributed by atoms with E-state index in [9.17, 15) is 5.26 Å². The van der Waals surface area contributed by atoms with Gasteiger partial charge in [-0.15, -0.1) is 0 Å². The number of nitrogens with one attached hydrogen (secondary N) is 1. The van der Waals surface area contributed by atoms with E-state index >= 15 is 0 Å². The molecular formula is C17H17ClN2O. The van der Waals surface area contributed by atoms with E-state index in [0.717, 1.165) is 12.1 Å². The quantitative estimate of drug-likeness (QED) is 0.884. The van der Waals surface area contributed by atoms with Crippen LogP contribution in [-0.2, 0) is 6.54 Å². The lowest BCUT2D eigenvalue weighted by Crippen LogP contribution is -2.21. The Morgan fingerprint density at radius 2 is 1.90 bits per heavy atom. The maximum Gasteiger partial charge on any atom is 0.145 e. The summed E-state index contributed by atoms with van der Waals surface area (Å²) in [5, 5.41) is 13.2. The lowest BCUT2D eigenvalue weighted by molar-refractivity contribution is 0.480. The van der Waals surface area contributed by atoms with E-state index in [2.05, 4.69) is 25.2 Å². The van der Waals surface area contributed by atoms with Gasteiger partial charge in [0.25, 0.3) is 0 Å². The molecule has 0 spiro atoms. The minimum absolute atomic E-state index is 0.403. The first kappa shape index (κ1) is 15.4. The summed E-state index contributed by atoms with van der Waals surface area (Å²) in [6.07, 6.45) is 0. The minimum Gasteiger partial charge on any atom is -0.456 e. The minimum atomic E-state index is 0.403. The summed E-state index contributed by atoms with van der Waals surface area (Å²) in [4.78, 5) is 0. The fraction of sp³-hybridized carbons (Fsp3) is 0.235.